The van der Waals surface area contributed by atoms with Crippen LogP contribution in [0.2, 0.25) is 0 Å². The van der Waals surface area contributed by atoms with Gasteiger partial charge in [-0.25, -0.2) is 0 Å². The molecule has 2 aromatic rings. The molecule has 0 atom stereocenters. The molecule has 3 rings (SSSR count). The van der Waals surface area contributed by atoms with E-state index in [1.54, 1.807) is 12.4 Å². The molecule has 116 valence electrons. The summed E-state index contributed by atoms with van der Waals surface area (Å²) in [7, 11) is 0. The van der Waals surface area contributed by atoms with Gasteiger partial charge in [-0.05, 0) is 25.0 Å². The summed E-state index contributed by atoms with van der Waals surface area (Å²) in [6.45, 7) is 1.76. The Labute approximate surface area is 129 Å². The zero-order valence-corrected chi connectivity index (χ0v) is 12.6. The normalized spacial score (nSPS) is 15.5. The third-order valence-electron chi connectivity index (χ3n) is 3.89. The largest absolute Gasteiger partial charge is 0.421 e. The van der Waals surface area contributed by atoms with Crippen molar-refractivity contribution in [1.82, 2.24) is 20.1 Å². The maximum Gasteiger partial charge on any atom is 0.249 e. The Bertz CT molecular complexity index is 604. The number of rotatable bonds is 4. The van der Waals surface area contributed by atoms with Crippen LogP contribution >= 0.6 is 0 Å². The summed E-state index contributed by atoms with van der Waals surface area (Å²) < 4.78 is 5.60. The van der Waals surface area contributed by atoms with Crippen LogP contribution < -0.4 is 0 Å². The molecule has 0 bridgehead atoms. The Morgan fingerprint density at radius 1 is 1.18 bits per heavy atom. The standard InChI is InChI=1S/C16H20N4O2/c21-15(20-10-3-1-2-4-11-20)8-7-14-18-19-16(22-14)13-6-5-9-17-12-13/h5-6,9,12H,1-4,7-8,10-11H2. The predicted octanol–water partition coefficient (Wildman–Crippen LogP) is 2.47. The van der Waals surface area contributed by atoms with Crippen molar-refractivity contribution in [2.75, 3.05) is 13.1 Å². The Hall–Kier alpha value is -2.24. The molecular formula is C16H20N4O2. The summed E-state index contributed by atoms with van der Waals surface area (Å²) in [6.07, 6.45) is 8.95. The molecule has 0 unspecified atom stereocenters. The third kappa shape index (κ3) is 3.69. The number of aryl methyl sites for hydroxylation is 1. The smallest absolute Gasteiger partial charge is 0.249 e. The number of amides is 1. The van der Waals surface area contributed by atoms with Gasteiger partial charge in [-0.3, -0.25) is 9.78 Å². The molecule has 1 aliphatic rings. The van der Waals surface area contributed by atoms with E-state index >= 15 is 0 Å². The Balaban J connectivity index is 1.55. The second-order valence-electron chi connectivity index (χ2n) is 5.54. The van der Waals surface area contributed by atoms with E-state index in [4.69, 9.17) is 4.42 Å². The Morgan fingerprint density at radius 2 is 2.00 bits per heavy atom. The fraction of sp³-hybridized carbons (Fsp3) is 0.500. The fourth-order valence-corrected chi connectivity index (χ4v) is 2.65. The molecule has 0 radical (unpaired) electrons. The van der Waals surface area contributed by atoms with Gasteiger partial charge < -0.3 is 9.32 Å². The highest BCUT2D eigenvalue weighted by Gasteiger charge is 2.17. The molecular weight excluding hydrogens is 280 g/mol. The Morgan fingerprint density at radius 3 is 2.73 bits per heavy atom. The van der Waals surface area contributed by atoms with E-state index in [1.165, 1.54) is 12.8 Å². The monoisotopic (exact) mass is 300 g/mol. The first-order valence-electron chi connectivity index (χ1n) is 7.83. The van der Waals surface area contributed by atoms with E-state index in [2.05, 4.69) is 15.2 Å². The van der Waals surface area contributed by atoms with E-state index in [9.17, 15) is 4.79 Å². The quantitative estimate of drug-likeness (QED) is 0.867. The van der Waals surface area contributed by atoms with E-state index < -0.39 is 0 Å². The van der Waals surface area contributed by atoms with Crippen molar-refractivity contribution in [2.24, 2.45) is 0 Å². The number of hydrogen-bond donors (Lipinski definition) is 0. The molecule has 0 spiro atoms. The van der Waals surface area contributed by atoms with Crippen LogP contribution in [0, 0.1) is 0 Å². The summed E-state index contributed by atoms with van der Waals surface area (Å²) in [5.41, 5.74) is 0.792. The van der Waals surface area contributed by atoms with Crippen molar-refractivity contribution in [1.29, 1.82) is 0 Å². The van der Waals surface area contributed by atoms with E-state index in [-0.39, 0.29) is 5.91 Å². The third-order valence-corrected chi connectivity index (χ3v) is 3.89. The Kier molecular flexibility index (Phi) is 4.78. The number of hydrogen-bond acceptors (Lipinski definition) is 5. The minimum Gasteiger partial charge on any atom is -0.421 e. The highest BCUT2D eigenvalue weighted by Crippen LogP contribution is 2.17. The molecule has 22 heavy (non-hydrogen) atoms. The van der Waals surface area contributed by atoms with Gasteiger partial charge >= 0.3 is 0 Å². The van der Waals surface area contributed by atoms with Gasteiger partial charge in [0.1, 0.15) is 0 Å². The van der Waals surface area contributed by atoms with Gasteiger partial charge in [0.15, 0.2) is 0 Å². The van der Waals surface area contributed by atoms with Crippen LogP contribution in [-0.4, -0.2) is 39.1 Å². The van der Waals surface area contributed by atoms with Gasteiger partial charge in [-0.2, -0.15) is 0 Å². The molecule has 0 N–H and O–H groups in total. The van der Waals surface area contributed by atoms with Gasteiger partial charge in [-0.1, -0.05) is 12.8 Å². The molecule has 1 saturated heterocycles. The first-order chi connectivity index (χ1) is 10.8. The molecule has 6 nitrogen and oxygen atoms in total. The van der Waals surface area contributed by atoms with E-state index in [0.717, 1.165) is 31.5 Å². The van der Waals surface area contributed by atoms with Gasteiger partial charge in [0.25, 0.3) is 0 Å². The van der Waals surface area contributed by atoms with Crippen LogP contribution in [0.5, 0.6) is 0 Å². The van der Waals surface area contributed by atoms with E-state index in [0.29, 0.717) is 24.6 Å². The first kappa shape index (κ1) is 14.7. The number of likely N-dealkylation sites (tertiary alicyclic amines) is 1. The molecule has 6 heteroatoms. The summed E-state index contributed by atoms with van der Waals surface area (Å²) >= 11 is 0. The van der Waals surface area contributed by atoms with Crippen LogP contribution in [0.4, 0.5) is 0 Å². The van der Waals surface area contributed by atoms with Crippen molar-refractivity contribution in [3.63, 3.8) is 0 Å². The van der Waals surface area contributed by atoms with Crippen LogP contribution in [0.15, 0.2) is 28.9 Å². The summed E-state index contributed by atoms with van der Waals surface area (Å²) in [6, 6.07) is 3.69. The molecule has 0 saturated carbocycles. The number of nitrogens with zero attached hydrogens (tertiary/aromatic N) is 4. The molecule has 2 aromatic heterocycles. The molecule has 1 amide bonds. The lowest BCUT2D eigenvalue weighted by atomic mass is 10.2. The first-order valence-corrected chi connectivity index (χ1v) is 7.83. The van der Waals surface area contributed by atoms with Crippen molar-refractivity contribution < 1.29 is 9.21 Å². The second-order valence-corrected chi connectivity index (χ2v) is 5.54. The van der Waals surface area contributed by atoms with Gasteiger partial charge in [0.05, 0.1) is 5.56 Å². The zero-order valence-electron chi connectivity index (χ0n) is 12.6. The van der Waals surface area contributed by atoms with Crippen molar-refractivity contribution in [3.05, 3.63) is 30.4 Å². The molecule has 0 aromatic carbocycles. The lowest BCUT2D eigenvalue weighted by Gasteiger charge is -2.19. The van der Waals surface area contributed by atoms with Crippen LogP contribution in [0.3, 0.4) is 0 Å². The predicted molar refractivity (Wildman–Crippen MR) is 80.9 cm³/mol. The van der Waals surface area contributed by atoms with Gasteiger partial charge in [0.2, 0.25) is 17.7 Å². The average Bonchev–Trinajstić information content (AvgIpc) is 2.87. The minimum absolute atomic E-state index is 0.183. The maximum absolute atomic E-state index is 12.2. The summed E-state index contributed by atoms with van der Waals surface area (Å²) in [4.78, 5) is 18.2. The maximum atomic E-state index is 12.2. The molecule has 1 aliphatic heterocycles. The van der Waals surface area contributed by atoms with Crippen LogP contribution in [0.25, 0.3) is 11.5 Å². The zero-order chi connectivity index (χ0) is 15.2. The lowest BCUT2D eigenvalue weighted by Crippen LogP contribution is -2.31. The molecule has 0 aliphatic carbocycles. The number of pyridine rings is 1. The van der Waals surface area contributed by atoms with E-state index in [1.807, 2.05) is 17.0 Å². The second kappa shape index (κ2) is 7.15. The van der Waals surface area contributed by atoms with Crippen molar-refractivity contribution in [2.45, 2.75) is 38.5 Å². The average molecular weight is 300 g/mol. The fourth-order valence-electron chi connectivity index (χ4n) is 2.65. The van der Waals surface area contributed by atoms with Crippen LogP contribution in [0.1, 0.15) is 38.0 Å². The summed E-state index contributed by atoms with van der Waals surface area (Å²) in [5.74, 6) is 1.13. The SMILES string of the molecule is O=C(CCc1nnc(-c2cccnc2)o1)N1CCCCCC1. The topological polar surface area (TPSA) is 72.1 Å². The molecule has 3 heterocycles. The minimum atomic E-state index is 0.183. The molecule has 1 fully saturated rings. The number of aromatic nitrogens is 3. The van der Waals surface area contributed by atoms with Crippen molar-refractivity contribution in [3.8, 4) is 11.5 Å². The number of carbonyl (C=O) groups is 1. The van der Waals surface area contributed by atoms with Crippen LogP contribution in [-0.2, 0) is 11.2 Å². The summed E-state index contributed by atoms with van der Waals surface area (Å²) in [5, 5.41) is 8.02. The number of carbonyl (C=O) groups excluding carboxylic acids is 1. The lowest BCUT2D eigenvalue weighted by molar-refractivity contribution is -0.131. The highest BCUT2D eigenvalue weighted by atomic mass is 16.4. The van der Waals surface area contributed by atoms with Gasteiger partial charge in [0, 0.05) is 38.3 Å². The highest BCUT2D eigenvalue weighted by molar-refractivity contribution is 5.76. The van der Waals surface area contributed by atoms with Crippen molar-refractivity contribution >= 4 is 5.91 Å². The van der Waals surface area contributed by atoms with Gasteiger partial charge in [-0.15, -0.1) is 10.2 Å².